The molecule has 0 saturated heterocycles. The van der Waals surface area contributed by atoms with Crippen molar-refractivity contribution in [1.82, 2.24) is 5.32 Å². The first kappa shape index (κ1) is 15.4. The number of halogens is 1. The smallest absolute Gasteiger partial charge is 0.179 e. The Morgan fingerprint density at radius 2 is 1.95 bits per heavy atom. The first-order valence-corrected chi connectivity index (χ1v) is 7.37. The lowest BCUT2D eigenvalue weighted by atomic mass is 10.0. The van der Waals surface area contributed by atoms with Crippen LogP contribution in [0.25, 0.3) is 0 Å². The maximum absolute atomic E-state index is 10.3. The minimum absolute atomic E-state index is 0.345. The first-order valence-electron chi connectivity index (χ1n) is 6.99. The Labute approximate surface area is 125 Å². The van der Waals surface area contributed by atoms with E-state index in [0.29, 0.717) is 48.2 Å². The molecule has 20 heavy (non-hydrogen) atoms. The molecule has 4 nitrogen and oxygen atoms in total. The summed E-state index contributed by atoms with van der Waals surface area (Å²) in [6.07, 6.45) is -0.621. The van der Waals surface area contributed by atoms with Crippen LogP contribution in [0.15, 0.2) is 12.1 Å². The highest BCUT2D eigenvalue weighted by atomic mass is 35.5. The van der Waals surface area contributed by atoms with Gasteiger partial charge >= 0.3 is 0 Å². The zero-order valence-electron chi connectivity index (χ0n) is 12.1. The third-order valence-corrected chi connectivity index (χ3v) is 3.92. The van der Waals surface area contributed by atoms with Gasteiger partial charge in [0, 0.05) is 12.6 Å². The minimum atomic E-state index is -0.621. The molecule has 112 valence electrons. The highest BCUT2D eigenvalue weighted by molar-refractivity contribution is 6.32. The number of hydrogen-bond acceptors (Lipinski definition) is 4. The molecule has 2 N–H and O–H groups in total. The molecule has 0 fully saturated rings. The van der Waals surface area contributed by atoms with Gasteiger partial charge in [-0.2, -0.15) is 0 Å². The number of hydrogen-bond donors (Lipinski definition) is 2. The molecular weight excluding hydrogens is 278 g/mol. The summed E-state index contributed by atoms with van der Waals surface area (Å²) in [6.45, 7) is 7.88. The summed E-state index contributed by atoms with van der Waals surface area (Å²) in [5.41, 5.74) is 0.739. The topological polar surface area (TPSA) is 50.7 Å². The molecule has 1 aliphatic rings. The summed E-state index contributed by atoms with van der Waals surface area (Å²) >= 11 is 6.17. The van der Waals surface area contributed by atoms with Gasteiger partial charge in [-0.25, -0.2) is 0 Å². The molecule has 0 spiro atoms. The highest BCUT2D eigenvalue weighted by Gasteiger charge is 2.20. The molecule has 0 aromatic heterocycles. The van der Waals surface area contributed by atoms with Gasteiger partial charge in [-0.15, -0.1) is 0 Å². The van der Waals surface area contributed by atoms with Crippen LogP contribution in [0.3, 0.4) is 0 Å². The summed E-state index contributed by atoms with van der Waals surface area (Å²) in [5.74, 6) is 1.69. The van der Waals surface area contributed by atoms with E-state index in [1.807, 2.05) is 0 Å². The van der Waals surface area contributed by atoms with Crippen molar-refractivity contribution in [3.63, 3.8) is 0 Å². The van der Waals surface area contributed by atoms with Gasteiger partial charge in [0.25, 0.3) is 0 Å². The molecule has 0 saturated carbocycles. The van der Waals surface area contributed by atoms with E-state index >= 15 is 0 Å². The molecule has 2 unspecified atom stereocenters. The van der Waals surface area contributed by atoms with Crippen LogP contribution in [0.5, 0.6) is 11.5 Å². The number of fused-ring (bicyclic) bond motifs is 1. The zero-order chi connectivity index (χ0) is 14.7. The largest absolute Gasteiger partial charge is 0.486 e. The monoisotopic (exact) mass is 299 g/mol. The van der Waals surface area contributed by atoms with E-state index in [1.54, 1.807) is 12.1 Å². The van der Waals surface area contributed by atoms with Gasteiger partial charge in [-0.05, 0) is 30.5 Å². The fourth-order valence-electron chi connectivity index (χ4n) is 1.97. The highest BCUT2D eigenvalue weighted by Crippen LogP contribution is 2.39. The number of rotatable bonds is 5. The van der Waals surface area contributed by atoms with Crippen molar-refractivity contribution in [3.05, 3.63) is 22.7 Å². The Morgan fingerprint density at radius 3 is 2.65 bits per heavy atom. The lowest BCUT2D eigenvalue weighted by Gasteiger charge is -2.23. The third kappa shape index (κ3) is 3.57. The van der Waals surface area contributed by atoms with Crippen molar-refractivity contribution in [2.45, 2.75) is 32.9 Å². The van der Waals surface area contributed by atoms with Gasteiger partial charge in [-0.1, -0.05) is 25.4 Å². The Hall–Kier alpha value is -0.970. The van der Waals surface area contributed by atoms with Crippen LogP contribution < -0.4 is 14.8 Å². The molecule has 5 heteroatoms. The van der Waals surface area contributed by atoms with E-state index in [9.17, 15) is 5.11 Å². The fraction of sp³-hybridized carbons (Fsp3) is 0.600. The second-order valence-electron chi connectivity index (χ2n) is 5.48. The summed E-state index contributed by atoms with van der Waals surface area (Å²) in [4.78, 5) is 0. The third-order valence-electron chi connectivity index (χ3n) is 3.64. The van der Waals surface area contributed by atoms with E-state index in [0.717, 1.165) is 5.56 Å². The van der Waals surface area contributed by atoms with Crippen LogP contribution in [-0.2, 0) is 0 Å². The molecular formula is C15H22ClNO3. The van der Waals surface area contributed by atoms with E-state index < -0.39 is 6.10 Å². The molecule has 1 aromatic rings. The van der Waals surface area contributed by atoms with Gasteiger partial charge in [0.2, 0.25) is 0 Å². The lowest BCUT2D eigenvalue weighted by molar-refractivity contribution is 0.159. The molecule has 0 amide bonds. The van der Waals surface area contributed by atoms with E-state index in [-0.39, 0.29) is 0 Å². The maximum Gasteiger partial charge on any atom is 0.179 e. The molecule has 0 aliphatic carbocycles. The van der Waals surface area contributed by atoms with Gasteiger partial charge in [0.05, 0.1) is 11.1 Å². The van der Waals surface area contributed by atoms with Crippen LogP contribution in [0, 0.1) is 5.92 Å². The lowest BCUT2D eigenvalue weighted by Crippen LogP contribution is -2.34. The normalized spacial score (nSPS) is 17.1. The van der Waals surface area contributed by atoms with Gasteiger partial charge in [0.1, 0.15) is 13.2 Å². The van der Waals surface area contributed by atoms with Crippen LogP contribution in [0.2, 0.25) is 5.02 Å². The fourth-order valence-corrected chi connectivity index (χ4v) is 2.25. The van der Waals surface area contributed by atoms with Crippen molar-refractivity contribution in [2.75, 3.05) is 19.8 Å². The Morgan fingerprint density at radius 1 is 1.25 bits per heavy atom. The minimum Gasteiger partial charge on any atom is -0.486 e. The molecule has 2 atom stereocenters. The Bertz CT molecular complexity index is 465. The average molecular weight is 300 g/mol. The standard InChI is InChI=1S/C15H22ClNO3/c1-9(2)10(3)17-8-13(18)11-6-12(16)15-14(7-11)19-4-5-20-15/h6-7,9-10,13,17-18H,4-5,8H2,1-3H3. The summed E-state index contributed by atoms with van der Waals surface area (Å²) < 4.78 is 11.0. The molecule has 1 heterocycles. The quantitative estimate of drug-likeness (QED) is 0.878. The predicted molar refractivity (Wildman–Crippen MR) is 79.7 cm³/mol. The predicted octanol–water partition coefficient (Wildman–Crippen LogP) is 2.78. The van der Waals surface area contributed by atoms with Gasteiger partial charge < -0.3 is 19.9 Å². The summed E-state index contributed by atoms with van der Waals surface area (Å²) in [7, 11) is 0. The number of benzene rings is 1. The zero-order valence-corrected chi connectivity index (χ0v) is 12.9. The van der Waals surface area contributed by atoms with Crippen molar-refractivity contribution in [1.29, 1.82) is 0 Å². The van der Waals surface area contributed by atoms with Crippen molar-refractivity contribution >= 4 is 11.6 Å². The molecule has 0 radical (unpaired) electrons. The number of nitrogens with one attached hydrogen (secondary N) is 1. The summed E-state index contributed by atoms with van der Waals surface area (Å²) in [5, 5.41) is 14.1. The van der Waals surface area contributed by atoms with Crippen molar-refractivity contribution < 1.29 is 14.6 Å². The Kier molecular flexibility index (Phi) is 5.13. The van der Waals surface area contributed by atoms with Gasteiger partial charge in [-0.3, -0.25) is 0 Å². The van der Waals surface area contributed by atoms with E-state index in [1.165, 1.54) is 0 Å². The second-order valence-corrected chi connectivity index (χ2v) is 5.89. The van der Waals surface area contributed by atoms with Crippen LogP contribution in [0.4, 0.5) is 0 Å². The Balaban J connectivity index is 2.06. The summed E-state index contributed by atoms with van der Waals surface area (Å²) in [6, 6.07) is 3.88. The number of aliphatic hydroxyl groups is 1. The number of aliphatic hydroxyl groups excluding tert-OH is 1. The van der Waals surface area contributed by atoms with Crippen LogP contribution >= 0.6 is 11.6 Å². The maximum atomic E-state index is 10.3. The first-order chi connectivity index (χ1) is 9.49. The van der Waals surface area contributed by atoms with Gasteiger partial charge in [0.15, 0.2) is 11.5 Å². The molecule has 1 aliphatic heterocycles. The molecule has 2 rings (SSSR count). The van der Waals surface area contributed by atoms with Crippen LogP contribution in [0.1, 0.15) is 32.4 Å². The average Bonchev–Trinajstić information content (AvgIpc) is 2.44. The van der Waals surface area contributed by atoms with E-state index in [2.05, 4.69) is 26.1 Å². The second kappa shape index (κ2) is 6.66. The van der Waals surface area contributed by atoms with Crippen molar-refractivity contribution in [2.24, 2.45) is 5.92 Å². The van der Waals surface area contributed by atoms with Crippen molar-refractivity contribution in [3.8, 4) is 11.5 Å². The number of ether oxygens (including phenoxy) is 2. The molecule has 1 aromatic carbocycles. The SMILES string of the molecule is CC(C)C(C)NCC(O)c1cc(Cl)c2c(c1)OCCO2. The van der Waals surface area contributed by atoms with E-state index in [4.69, 9.17) is 21.1 Å². The molecule has 0 bridgehead atoms. The van der Waals surface area contributed by atoms with Crippen LogP contribution in [-0.4, -0.2) is 30.9 Å².